The van der Waals surface area contributed by atoms with Gasteiger partial charge in [0, 0.05) is 0 Å². The molecule has 1 aromatic rings. The molecule has 0 unspecified atom stereocenters. The molecular weight excluding hydrogens is 288 g/mol. The number of alkyl halides is 1. The lowest BCUT2D eigenvalue weighted by Crippen LogP contribution is -2.20. The van der Waals surface area contributed by atoms with E-state index in [1.807, 2.05) is 30.3 Å². The number of Topliss-reactive ketones (excluding diaryl/α,β-unsaturated/α-hetero) is 1. The smallest absolute Gasteiger partial charge is 0.375 e. The molecule has 0 aliphatic heterocycles. The SMILES string of the molecule is O=C(CBr)C(=O)OCCOCc1ccccc1. The number of carbonyl (C=O) groups is 2. The quantitative estimate of drug-likeness (QED) is 0.333. The third-order valence-electron chi connectivity index (χ3n) is 1.92. The van der Waals surface area contributed by atoms with Crippen LogP contribution in [-0.2, 0) is 25.7 Å². The van der Waals surface area contributed by atoms with Gasteiger partial charge >= 0.3 is 5.97 Å². The minimum Gasteiger partial charge on any atom is -0.457 e. The third-order valence-corrected chi connectivity index (χ3v) is 2.43. The zero-order valence-electron chi connectivity index (χ0n) is 9.23. The van der Waals surface area contributed by atoms with E-state index in [4.69, 9.17) is 4.74 Å². The van der Waals surface area contributed by atoms with E-state index in [9.17, 15) is 9.59 Å². The molecule has 17 heavy (non-hydrogen) atoms. The molecule has 1 rings (SSSR count). The van der Waals surface area contributed by atoms with E-state index >= 15 is 0 Å². The largest absolute Gasteiger partial charge is 0.457 e. The van der Waals surface area contributed by atoms with Crippen LogP contribution >= 0.6 is 15.9 Å². The summed E-state index contributed by atoms with van der Waals surface area (Å²) in [6.07, 6.45) is 0. The van der Waals surface area contributed by atoms with Crippen molar-refractivity contribution in [3.8, 4) is 0 Å². The lowest BCUT2D eigenvalue weighted by molar-refractivity contribution is -0.153. The number of benzene rings is 1. The first-order chi connectivity index (χ1) is 8.24. The molecule has 0 atom stereocenters. The van der Waals surface area contributed by atoms with Crippen molar-refractivity contribution in [3.05, 3.63) is 35.9 Å². The fourth-order valence-corrected chi connectivity index (χ4v) is 1.32. The Hall–Kier alpha value is -1.20. The molecule has 0 amide bonds. The highest BCUT2D eigenvalue weighted by molar-refractivity contribution is 9.09. The zero-order valence-corrected chi connectivity index (χ0v) is 10.8. The normalized spacial score (nSPS) is 9.94. The van der Waals surface area contributed by atoms with Gasteiger partial charge in [0.1, 0.15) is 6.61 Å². The minimum absolute atomic E-state index is 0.0172. The Morgan fingerprint density at radius 2 is 1.82 bits per heavy atom. The summed E-state index contributed by atoms with van der Waals surface area (Å²) in [6.45, 7) is 0.825. The van der Waals surface area contributed by atoms with Gasteiger partial charge in [-0.1, -0.05) is 46.3 Å². The molecule has 0 heterocycles. The first-order valence-electron chi connectivity index (χ1n) is 5.11. The molecule has 0 spiro atoms. The second-order valence-electron chi connectivity index (χ2n) is 3.23. The summed E-state index contributed by atoms with van der Waals surface area (Å²) in [4.78, 5) is 21.8. The highest BCUT2D eigenvalue weighted by atomic mass is 79.9. The molecule has 0 saturated carbocycles. The maximum atomic E-state index is 10.9. The van der Waals surface area contributed by atoms with E-state index in [1.165, 1.54) is 0 Å². The van der Waals surface area contributed by atoms with E-state index < -0.39 is 11.8 Å². The van der Waals surface area contributed by atoms with Crippen LogP contribution in [0.3, 0.4) is 0 Å². The minimum atomic E-state index is -0.829. The topological polar surface area (TPSA) is 52.6 Å². The number of ketones is 1. The van der Waals surface area contributed by atoms with Crippen molar-refractivity contribution in [1.82, 2.24) is 0 Å². The standard InChI is InChI=1S/C12H13BrO4/c13-8-11(14)12(15)17-7-6-16-9-10-4-2-1-3-5-10/h1-5H,6-9H2. The lowest BCUT2D eigenvalue weighted by Gasteiger charge is -2.05. The van der Waals surface area contributed by atoms with Crippen molar-refractivity contribution < 1.29 is 19.1 Å². The Morgan fingerprint density at radius 1 is 1.12 bits per heavy atom. The summed E-state index contributed by atoms with van der Waals surface area (Å²) in [7, 11) is 0. The summed E-state index contributed by atoms with van der Waals surface area (Å²) in [6, 6.07) is 9.67. The van der Waals surface area contributed by atoms with Crippen LogP contribution < -0.4 is 0 Å². The maximum Gasteiger partial charge on any atom is 0.375 e. The third kappa shape index (κ3) is 5.60. The predicted octanol–water partition coefficient (Wildman–Crippen LogP) is 1.71. The Balaban J connectivity index is 2.09. The summed E-state index contributed by atoms with van der Waals surface area (Å²) in [5, 5.41) is -0.0172. The molecule has 0 fully saturated rings. The van der Waals surface area contributed by atoms with Gasteiger partial charge in [-0.05, 0) is 5.56 Å². The number of carbonyl (C=O) groups excluding carboxylic acids is 2. The summed E-state index contributed by atoms with van der Waals surface area (Å²) in [5.41, 5.74) is 1.05. The van der Waals surface area contributed by atoms with Crippen molar-refractivity contribution in [2.45, 2.75) is 6.61 Å². The van der Waals surface area contributed by atoms with Crippen LogP contribution in [0.4, 0.5) is 0 Å². The number of rotatable bonds is 7. The molecule has 0 aliphatic carbocycles. The van der Waals surface area contributed by atoms with Crippen LogP contribution in [0.2, 0.25) is 0 Å². The van der Waals surface area contributed by atoms with Crippen molar-refractivity contribution in [2.75, 3.05) is 18.5 Å². The fraction of sp³-hybridized carbons (Fsp3) is 0.333. The molecule has 0 saturated heterocycles. The van der Waals surface area contributed by atoms with Gasteiger partial charge in [-0.25, -0.2) is 4.79 Å². The number of hydrogen-bond acceptors (Lipinski definition) is 4. The Morgan fingerprint density at radius 3 is 2.47 bits per heavy atom. The average molecular weight is 301 g/mol. The Bertz CT molecular complexity index is 364. The molecule has 92 valence electrons. The van der Waals surface area contributed by atoms with Gasteiger partial charge in [0.15, 0.2) is 0 Å². The van der Waals surface area contributed by atoms with Gasteiger partial charge in [-0.2, -0.15) is 0 Å². The monoisotopic (exact) mass is 300 g/mol. The van der Waals surface area contributed by atoms with Crippen molar-refractivity contribution in [3.63, 3.8) is 0 Å². The highest BCUT2D eigenvalue weighted by Gasteiger charge is 2.12. The van der Waals surface area contributed by atoms with Gasteiger partial charge in [0.05, 0.1) is 18.5 Å². The van der Waals surface area contributed by atoms with Gasteiger partial charge in [0.25, 0.3) is 0 Å². The Labute approximate surface area is 108 Å². The molecule has 1 aromatic carbocycles. The molecule has 0 bridgehead atoms. The molecular formula is C12H13BrO4. The van der Waals surface area contributed by atoms with E-state index in [0.29, 0.717) is 6.61 Å². The van der Waals surface area contributed by atoms with Gasteiger partial charge in [-0.15, -0.1) is 0 Å². The maximum absolute atomic E-state index is 10.9. The molecule has 0 radical (unpaired) electrons. The summed E-state index contributed by atoms with van der Waals surface area (Å²) >= 11 is 2.89. The van der Waals surface area contributed by atoms with E-state index in [1.54, 1.807) is 0 Å². The molecule has 4 nitrogen and oxygen atoms in total. The number of hydrogen-bond donors (Lipinski definition) is 0. The van der Waals surface area contributed by atoms with Crippen molar-refractivity contribution in [1.29, 1.82) is 0 Å². The average Bonchev–Trinajstić information content (AvgIpc) is 2.38. The number of ether oxygens (including phenoxy) is 2. The summed E-state index contributed by atoms with van der Waals surface area (Å²) in [5.74, 6) is -1.42. The highest BCUT2D eigenvalue weighted by Crippen LogP contribution is 2.00. The first-order valence-corrected chi connectivity index (χ1v) is 6.23. The molecule has 0 N–H and O–H groups in total. The molecule has 0 aromatic heterocycles. The molecule has 5 heteroatoms. The van der Waals surface area contributed by atoms with Crippen LogP contribution in [-0.4, -0.2) is 30.3 Å². The summed E-state index contributed by atoms with van der Waals surface area (Å²) < 4.78 is 9.97. The Kier molecular flexibility index (Phi) is 6.50. The second kappa shape index (κ2) is 7.97. The van der Waals surface area contributed by atoms with E-state index in [0.717, 1.165) is 5.56 Å². The van der Waals surface area contributed by atoms with E-state index in [-0.39, 0.29) is 18.5 Å². The van der Waals surface area contributed by atoms with Gasteiger partial charge in [-0.3, -0.25) is 4.79 Å². The van der Waals surface area contributed by atoms with Crippen LogP contribution in [0.1, 0.15) is 5.56 Å². The predicted molar refractivity (Wildman–Crippen MR) is 65.9 cm³/mol. The number of esters is 1. The second-order valence-corrected chi connectivity index (χ2v) is 3.79. The first kappa shape index (κ1) is 13.9. The van der Waals surface area contributed by atoms with Gasteiger partial charge in [0.2, 0.25) is 5.78 Å². The fourth-order valence-electron chi connectivity index (χ4n) is 1.09. The lowest BCUT2D eigenvalue weighted by atomic mass is 10.2. The zero-order chi connectivity index (χ0) is 12.5. The molecule has 0 aliphatic rings. The van der Waals surface area contributed by atoms with Crippen LogP contribution in [0.5, 0.6) is 0 Å². The van der Waals surface area contributed by atoms with E-state index in [2.05, 4.69) is 20.7 Å². The van der Waals surface area contributed by atoms with Gasteiger partial charge < -0.3 is 9.47 Å². The number of halogens is 1. The van der Waals surface area contributed by atoms with Crippen LogP contribution in [0, 0.1) is 0 Å². The van der Waals surface area contributed by atoms with Crippen LogP contribution in [0.25, 0.3) is 0 Å². The van der Waals surface area contributed by atoms with Crippen molar-refractivity contribution >= 4 is 27.7 Å². The van der Waals surface area contributed by atoms with Crippen molar-refractivity contribution in [2.24, 2.45) is 0 Å². The van der Waals surface area contributed by atoms with Crippen LogP contribution in [0.15, 0.2) is 30.3 Å².